The third-order valence-corrected chi connectivity index (χ3v) is 5.68. The molecule has 1 saturated carbocycles. The van der Waals surface area contributed by atoms with Crippen LogP contribution in [0.5, 0.6) is 0 Å². The monoisotopic (exact) mass is 260 g/mol. The van der Waals surface area contributed by atoms with Crippen LogP contribution in [0.25, 0.3) is 0 Å². The lowest BCUT2D eigenvalue weighted by molar-refractivity contribution is -0.136. The fraction of sp³-hybridized carbons (Fsp3) is 0.923. The summed E-state index contributed by atoms with van der Waals surface area (Å²) >= 11 is 0. The fourth-order valence-corrected chi connectivity index (χ4v) is 4.53. The van der Waals surface area contributed by atoms with E-state index in [0.717, 1.165) is 32.1 Å². The molecule has 1 fully saturated rings. The first-order valence-electron chi connectivity index (χ1n) is 6.68. The van der Waals surface area contributed by atoms with Crippen molar-refractivity contribution in [3.63, 3.8) is 0 Å². The minimum atomic E-state index is -1.20. The lowest BCUT2D eigenvalue weighted by atomic mass is 9.91. The van der Waals surface area contributed by atoms with E-state index in [4.69, 9.17) is 0 Å². The number of aliphatic carboxylic acids is 1. The number of carbonyl (C=O) groups is 1. The molecule has 0 spiro atoms. The van der Waals surface area contributed by atoms with Gasteiger partial charge in [-0.25, -0.2) is 0 Å². The van der Waals surface area contributed by atoms with Crippen LogP contribution in [0, 0.1) is 5.92 Å². The minimum Gasteiger partial charge on any atom is -0.480 e. The topological polar surface area (TPSA) is 54.4 Å². The van der Waals surface area contributed by atoms with Crippen molar-refractivity contribution in [3.8, 4) is 0 Å². The molecule has 0 radical (unpaired) electrons. The Kier molecular flexibility index (Phi) is 6.17. The van der Waals surface area contributed by atoms with Crippen LogP contribution in [0.1, 0.15) is 58.8 Å². The number of hydrogen-bond donors (Lipinski definition) is 1. The molecule has 17 heavy (non-hydrogen) atoms. The van der Waals surface area contributed by atoms with E-state index >= 15 is 0 Å². The summed E-state index contributed by atoms with van der Waals surface area (Å²) in [5.41, 5.74) is 0. The van der Waals surface area contributed by atoms with Gasteiger partial charge < -0.3 is 5.11 Å². The first kappa shape index (κ1) is 14.7. The van der Waals surface area contributed by atoms with Crippen molar-refractivity contribution in [1.29, 1.82) is 0 Å². The molecule has 100 valence electrons. The highest BCUT2D eigenvalue weighted by Crippen LogP contribution is 2.29. The normalized spacial score (nSPS) is 28.6. The molecule has 4 atom stereocenters. The third kappa shape index (κ3) is 4.41. The van der Waals surface area contributed by atoms with Gasteiger partial charge in [-0.3, -0.25) is 9.00 Å². The van der Waals surface area contributed by atoms with E-state index in [0.29, 0.717) is 12.3 Å². The lowest BCUT2D eigenvalue weighted by Crippen LogP contribution is -2.35. The smallest absolute Gasteiger partial charge is 0.319 e. The zero-order valence-corrected chi connectivity index (χ0v) is 11.7. The predicted octanol–water partition coefficient (Wildman–Crippen LogP) is 2.96. The summed E-state index contributed by atoms with van der Waals surface area (Å²) in [5.74, 6) is -0.284. The Bertz CT molecular complexity index is 278. The van der Waals surface area contributed by atoms with E-state index in [1.54, 1.807) is 0 Å². The highest BCUT2D eigenvalue weighted by Gasteiger charge is 2.32. The maximum Gasteiger partial charge on any atom is 0.319 e. The SMILES string of the molecule is CCCCC(C(=O)O)S(=O)C1CCCC(C)C1. The summed E-state index contributed by atoms with van der Waals surface area (Å²) < 4.78 is 12.3. The summed E-state index contributed by atoms with van der Waals surface area (Å²) in [7, 11) is -1.20. The molecule has 1 N–H and O–H groups in total. The molecule has 1 rings (SSSR count). The Morgan fingerprint density at radius 1 is 1.47 bits per heavy atom. The number of unbranched alkanes of at least 4 members (excludes halogenated alkanes) is 1. The number of hydrogen-bond acceptors (Lipinski definition) is 2. The second kappa shape index (κ2) is 7.14. The van der Waals surface area contributed by atoms with Gasteiger partial charge in [0, 0.05) is 16.0 Å². The summed E-state index contributed by atoms with van der Waals surface area (Å²) in [6.07, 6.45) is 6.53. The molecule has 0 bridgehead atoms. The first-order valence-corrected chi connectivity index (χ1v) is 7.96. The average molecular weight is 260 g/mol. The van der Waals surface area contributed by atoms with E-state index in [2.05, 4.69) is 6.92 Å². The van der Waals surface area contributed by atoms with Gasteiger partial charge in [0.05, 0.1) is 0 Å². The summed E-state index contributed by atoms with van der Waals surface area (Å²) in [4.78, 5) is 11.2. The zero-order chi connectivity index (χ0) is 12.8. The van der Waals surface area contributed by atoms with Gasteiger partial charge in [-0.05, 0) is 25.2 Å². The molecule has 4 heteroatoms. The molecule has 0 saturated heterocycles. The molecule has 0 aromatic carbocycles. The standard InChI is InChI=1S/C13H24O3S/c1-3-4-8-12(13(14)15)17(16)11-7-5-6-10(2)9-11/h10-12H,3-9H2,1-2H3,(H,14,15). The van der Waals surface area contributed by atoms with Crippen LogP contribution in [-0.4, -0.2) is 25.8 Å². The van der Waals surface area contributed by atoms with Crippen LogP contribution in [0.2, 0.25) is 0 Å². The van der Waals surface area contributed by atoms with Gasteiger partial charge in [0.2, 0.25) is 0 Å². The van der Waals surface area contributed by atoms with Crippen molar-refractivity contribution in [2.24, 2.45) is 5.92 Å². The number of rotatable bonds is 6. The second-order valence-electron chi connectivity index (χ2n) is 5.19. The van der Waals surface area contributed by atoms with Crippen LogP contribution in [0.4, 0.5) is 0 Å². The lowest BCUT2D eigenvalue weighted by Gasteiger charge is -2.28. The van der Waals surface area contributed by atoms with Crippen LogP contribution < -0.4 is 0 Å². The van der Waals surface area contributed by atoms with Gasteiger partial charge in [-0.2, -0.15) is 0 Å². The van der Waals surface area contributed by atoms with Crippen molar-refractivity contribution in [2.75, 3.05) is 0 Å². The second-order valence-corrected chi connectivity index (χ2v) is 7.08. The maximum atomic E-state index is 12.3. The Labute approximate surface area is 106 Å². The van der Waals surface area contributed by atoms with Crippen molar-refractivity contribution >= 4 is 16.8 Å². The summed E-state index contributed by atoms with van der Waals surface area (Å²) in [6, 6.07) is 0. The Balaban J connectivity index is 2.60. The van der Waals surface area contributed by atoms with Gasteiger partial charge in [-0.15, -0.1) is 0 Å². The van der Waals surface area contributed by atoms with Gasteiger partial charge in [0.1, 0.15) is 5.25 Å². The van der Waals surface area contributed by atoms with E-state index in [1.807, 2.05) is 6.92 Å². The van der Waals surface area contributed by atoms with Crippen molar-refractivity contribution in [2.45, 2.75) is 69.3 Å². The number of carboxylic acids is 1. The third-order valence-electron chi connectivity index (χ3n) is 3.59. The summed E-state index contributed by atoms with van der Waals surface area (Å²) in [5, 5.41) is 8.63. The van der Waals surface area contributed by atoms with Gasteiger partial charge in [0.25, 0.3) is 0 Å². The Hall–Kier alpha value is -0.380. The van der Waals surface area contributed by atoms with Crippen molar-refractivity contribution in [3.05, 3.63) is 0 Å². The molecule has 4 unspecified atom stereocenters. The molecule has 1 aliphatic rings. The average Bonchev–Trinajstić information content (AvgIpc) is 2.29. The molecule has 0 amide bonds. The summed E-state index contributed by atoms with van der Waals surface area (Å²) in [6.45, 7) is 4.20. The molecular formula is C13H24O3S. The van der Waals surface area contributed by atoms with Crippen LogP contribution in [-0.2, 0) is 15.6 Å². The van der Waals surface area contributed by atoms with E-state index in [9.17, 15) is 14.1 Å². The van der Waals surface area contributed by atoms with Crippen molar-refractivity contribution < 1.29 is 14.1 Å². The first-order chi connectivity index (χ1) is 8.06. The molecule has 0 heterocycles. The molecule has 0 aromatic rings. The Morgan fingerprint density at radius 3 is 2.71 bits per heavy atom. The molecule has 3 nitrogen and oxygen atoms in total. The van der Waals surface area contributed by atoms with Gasteiger partial charge >= 0.3 is 5.97 Å². The highest BCUT2D eigenvalue weighted by atomic mass is 32.2. The maximum absolute atomic E-state index is 12.3. The van der Waals surface area contributed by atoms with Crippen LogP contribution in [0.15, 0.2) is 0 Å². The van der Waals surface area contributed by atoms with Crippen molar-refractivity contribution in [1.82, 2.24) is 0 Å². The van der Waals surface area contributed by atoms with E-state index < -0.39 is 22.0 Å². The molecule has 1 aliphatic carbocycles. The van der Waals surface area contributed by atoms with Gasteiger partial charge in [-0.1, -0.05) is 39.5 Å². The molecular weight excluding hydrogens is 236 g/mol. The van der Waals surface area contributed by atoms with E-state index in [-0.39, 0.29) is 5.25 Å². The number of carboxylic acid groups (broad SMARTS) is 1. The predicted molar refractivity (Wildman–Crippen MR) is 70.5 cm³/mol. The molecule has 0 aliphatic heterocycles. The van der Waals surface area contributed by atoms with Crippen LogP contribution in [0.3, 0.4) is 0 Å². The zero-order valence-electron chi connectivity index (χ0n) is 10.9. The molecule has 0 aromatic heterocycles. The Morgan fingerprint density at radius 2 is 2.18 bits per heavy atom. The van der Waals surface area contributed by atoms with Crippen LogP contribution >= 0.6 is 0 Å². The highest BCUT2D eigenvalue weighted by molar-refractivity contribution is 7.87. The minimum absolute atomic E-state index is 0.108. The quantitative estimate of drug-likeness (QED) is 0.799. The van der Waals surface area contributed by atoms with Gasteiger partial charge in [0.15, 0.2) is 0 Å². The van der Waals surface area contributed by atoms with E-state index in [1.165, 1.54) is 6.42 Å². The largest absolute Gasteiger partial charge is 0.480 e. The fourth-order valence-electron chi connectivity index (χ4n) is 2.55.